The van der Waals surface area contributed by atoms with Gasteiger partial charge in [0.05, 0.1) is 21.2 Å². The zero-order valence-corrected chi connectivity index (χ0v) is 15.3. The highest BCUT2D eigenvalue weighted by Gasteiger charge is 2.31. The lowest BCUT2D eigenvalue weighted by molar-refractivity contribution is -0.137. The van der Waals surface area contributed by atoms with Crippen LogP contribution in [-0.4, -0.2) is 31.8 Å². The molecule has 1 N–H and O–H groups in total. The molecule has 1 aromatic carbocycles. The summed E-state index contributed by atoms with van der Waals surface area (Å²) < 4.78 is 62.7. The molecule has 140 valence electrons. The molecular formula is C16H15ClF3N3O2S. The zero-order chi connectivity index (χ0) is 19.5. The Bertz CT molecular complexity index is 911. The highest BCUT2D eigenvalue weighted by Crippen LogP contribution is 2.31. The second-order valence-electron chi connectivity index (χ2n) is 5.38. The quantitative estimate of drug-likeness (QED) is 0.814. The summed E-state index contributed by atoms with van der Waals surface area (Å²) in [5, 5.41) is 2.73. The van der Waals surface area contributed by atoms with Crippen molar-refractivity contribution in [2.24, 2.45) is 0 Å². The van der Waals surface area contributed by atoms with Crippen LogP contribution < -0.4 is 5.32 Å². The molecule has 0 fully saturated rings. The van der Waals surface area contributed by atoms with Crippen molar-refractivity contribution < 1.29 is 21.6 Å². The van der Waals surface area contributed by atoms with E-state index in [4.69, 9.17) is 11.6 Å². The minimum Gasteiger partial charge on any atom is -0.362 e. The number of pyridine rings is 1. The topological polar surface area (TPSA) is 62.3 Å². The molecule has 0 aliphatic carbocycles. The predicted molar refractivity (Wildman–Crippen MR) is 94.2 cm³/mol. The lowest BCUT2D eigenvalue weighted by Crippen LogP contribution is -2.22. The van der Waals surface area contributed by atoms with E-state index < -0.39 is 21.8 Å². The minimum absolute atomic E-state index is 0.134. The van der Waals surface area contributed by atoms with Gasteiger partial charge in [-0.05, 0) is 36.4 Å². The summed E-state index contributed by atoms with van der Waals surface area (Å²) in [7, 11) is -0.640. The summed E-state index contributed by atoms with van der Waals surface area (Å²) in [5.41, 5.74) is -0.175. The second-order valence-corrected chi connectivity index (χ2v) is 7.94. The smallest absolute Gasteiger partial charge is 0.362 e. The molecule has 0 amide bonds. The first-order valence-electron chi connectivity index (χ1n) is 7.20. The predicted octanol–water partition coefficient (Wildman–Crippen LogP) is 4.09. The first-order chi connectivity index (χ1) is 12.0. The molecule has 2 aromatic rings. The third-order valence-corrected chi connectivity index (χ3v) is 5.45. The zero-order valence-electron chi connectivity index (χ0n) is 13.7. The molecule has 10 heteroatoms. The summed E-state index contributed by atoms with van der Waals surface area (Å²) >= 11 is 5.80. The van der Waals surface area contributed by atoms with Crippen molar-refractivity contribution in [3.05, 3.63) is 59.0 Å². The molecule has 0 saturated carbocycles. The standard InChI is InChI=1S/C16H15ClF3N3O2S/c1-23(2)26(24,25)13-5-3-12(4-6-13)21-8-7-15-14(17)9-11(10-22-15)16(18,19)20/h3-10,21H,1-2H3. The number of benzene rings is 1. The van der Waals surface area contributed by atoms with Crippen LogP contribution in [0.3, 0.4) is 0 Å². The van der Waals surface area contributed by atoms with Gasteiger partial charge in [0, 0.05) is 32.2 Å². The van der Waals surface area contributed by atoms with Gasteiger partial charge >= 0.3 is 6.18 Å². The Morgan fingerprint density at radius 3 is 2.31 bits per heavy atom. The number of nitrogens with zero attached hydrogens (tertiary/aromatic N) is 2. The number of sulfonamides is 1. The van der Waals surface area contributed by atoms with Crippen molar-refractivity contribution in [3.63, 3.8) is 0 Å². The third-order valence-electron chi connectivity index (χ3n) is 3.32. The van der Waals surface area contributed by atoms with Gasteiger partial charge < -0.3 is 5.32 Å². The van der Waals surface area contributed by atoms with Gasteiger partial charge in [0.15, 0.2) is 0 Å². The summed E-state index contributed by atoms with van der Waals surface area (Å²) in [5.74, 6) is 0. The van der Waals surface area contributed by atoms with Crippen molar-refractivity contribution in [2.45, 2.75) is 11.1 Å². The van der Waals surface area contributed by atoms with Crippen LogP contribution in [0.1, 0.15) is 11.3 Å². The highest BCUT2D eigenvalue weighted by molar-refractivity contribution is 7.89. The summed E-state index contributed by atoms with van der Waals surface area (Å²) in [6.07, 6.45) is -0.956. The SMILES string of the molecule is CN(C)S(=O)(=O)c1ccc(NC=Cc2ncc(C(F)(F)F)cc2Cl)cc1. The van der Waals surface area contributed by atoms with E-state index in [9.17, 15) is 21.6 Å². The number of hydrogen-bond donors (Lipinski definition) is 1. The van der Waals surface area contributed by atoms with Gasteiger partial charge in [-0.15, -0.1) is 0 Å². The fourth-order valence-electron chi connectivity index (χ4n) is 1.88. The Morgan fingerprint density at radius 1 is 1.19 bits per heavy atom. The van der Waals surface area contributed by atoms with Crippen LogP contribution >= 0.6 is 11.6 Å². The number of nitrogens with one attached hydrogen (secondary N) is 1. The maximum atomic E-state index is 12.6. The Balaban J connectivity index is 2.10. The monoisotopic (exact) mass is 405 g/mol. The molecule has 0 radical (unpaired) electrons. The van der Waals surface area contributed by atoms with Gasteiger partial charge in [-0.1, -0.05) is 11.6 Å². The lowest BCUT2D eigenvalue weighted by Gasteiger charge is -2.11. The van der Waals surface area contributed by atoms with Gasteiger partial charge in [-0.25, -0.2) is 12.7 Å². The molecular weight excluding hydrogens is 391 g/mol. The average Bonchev–Trinajstić information content (AvgIpc) is 2.55. The Kier molecular flexibility index (Phi) is 5.94. The van der Waals surface area contributed by atoms with Crippen LogP contribution in [0.15, 0.2) is 47.6 Å². The van der Waals surface area contributed by atoms with Crippen molar-refractivity contribution in [3.8, 4) is 0 Å². The fourth-order valence-corrected chi connectivity index (χ4v) is 3.01. The molecule has 2 rings (SSSR count). The van der Waals surface area contributed by atoms with Gasteiger partial charge in [-0.2, -0.15) is 13.2 Å². The Hall–Kier alpha value is -2.10. The van der Waals surface area contributed by atoms with Crippen LogP contribution in [0.5, 0.6) is 0 Å². The molecule has 0 unspecified atom stereocenters. The molecule has 0 spiro atoms. The van der Waals surface area contributed by atoms with Gasteiger partial charge in [0.1, 0.15) is 0 Å². The van der Waals surface area contributed by atoms with Crippen LogP contribution in [0.25, 0.3) is 6.08 Å². The highest BCUT2D eigenvalue weighted by atomic mass is 35.5. The lowest BCUT2D eigenvalue weighted by atomic mass is 10.2. The van der Waals surface area contributed by atoms with E-state index in [-0.39, 0.29) is 15.6 Å². The molecule has 1 aromatic heterocycles. The number of hydrogen-bond acceptors (Lipinski definition) is 4. The van der Waals surface area contributed by atoms with E-state index in [0.717, 1.165) is 10.4 Å². The summed E-state index contributed by atoms with van der Waals surface area (Å²) in [6.45, 7) is 0. The first kappa shape index (κ1) is 20.2. The second kappa shape index (κ2) is 7.65. The van der Waals surface area contributed by atoms with E-state index in [1.54, 1.807) is 12.1 Å². The first-order valence-corrected chi connectivity index (χ1v) is 9.02. The van der Waals surface area contributed by atoms with Crippen LogP contribution in [0.4, 0.5) is 18.9 Å². The van der Waals surface area contributed by atoms with Crippen LogP contribution in [0.2, 0.25) is 5.02 Å². The van der Waals surface area contributed by atoms with Crippen molar-refractivity contribution in [1.29, 1.82) is 0 Å². The van der Waals surface area contributed by atoms with Crippen molar-refractivity contribution >= 4 is 33.4 Å². The molecule has 5 nitrogen and oxygen atoms in total. The van der Waals surface area contributed by atoms with Crippen LogP contribution in [0, 0.1) is 0 Å². The summed E-state index contributed by atoms with van der Waals surface area (Å²) in [4.78, 5) is 3.82. The fraction of sp³-hybridized carbons (Fsp3) is 0.188. The molecule has 0 atom stereocenters. The average molecular weight is 406 g/mol. The number of rotatable bonds is 5. The maximum Gasteiger partial charge on any atom is 0.417 e. The summed E-state index contributed by atoms with van der Waals surface area (Å²) in [6, 6.07) is 6.80. The molecule has 0 aliphatic heterocycles. The van der Waals surface area contributed by atoms with Gasteiger partial charge in [-0.3, -0.25) is 4.98 Å². The minimum atomic E-state index is -4.51. The largest absolute Gasteiger partial charge is 0.417 e. The van der Waals surface area contributed by atoms with Gasteiger partial charge in [0.25, 0.3) is 0 Å². The molecule has 0 bridgehead atoms. The number of halogens is 4. The Morgan fingerprint density at radius 2 is 1.81 bits per heavy atom. The normalized spacial score (nSPS) is 12.7. The van der Waals surface area contributed by atoms with Crippen molar-refractivity contribution in [1.82, 2.24) is 9.29 Å². The van der Waals surface area contributed by atoms with E-state index in [2.05, 4.69) is 10.3 Å². The molecule has 0 saturated heterocycles. The molecule has 0 aliphatic rings. The number of aromatic nitrogens is 1. The Labute approximate surface area is 154 Å². The maximum absolute atomic E-state index is 12.6. The van der Waals surface area contributed by atoms with Gasteiger partial charge in [0.2, 0.25) is 10.0 Å². The molecule has 1 heterocycles. The van der Waals surface area contributed by atoms with Crippen molar-refractivity contribution in [2.75, 3.05) is 19.4 Å². The van der Waals surface area contributed by atoms with E-state index >= 15 is 0 Å². The van der Waals surface area contributed by atoms with E-state index in [1.165, 1.54) is 38.5 Å². The van der Waals surface area contributed by atoms with E-state index in [1.807, 2.05) is 0 Å². The number of anilines is 1. The van der Waals surface area contributed by atoms with Crippen LogP contribution in [-0.2, 0) is 16.2 Å². The number of alkyl halides is 3. The van der Waals surface area contributed by atoms with E-state index in [0.29, 0.717) is 11.9 Å². The third kappa shape index (κ3) is 4.75. The molecule has 26 heavy (non-hydrogen) atoms.